The summed E-state index contributed by atoms with van der Waals surface area (Å²) in [6.07, 6.45) is 1.67. The maximum Gasteiger partial charge on any atom is 0.237 e. The van der Waals surface area contributed by atoms with Crippen LogP contribution in [-0.2, 0) is 4.79 Å². The molecule has 2 rings (SSSR count). The van der Waals surface area contributed by atoms with Crippen molar-refractivity contribution in [1.29, 1.82) is 0 Å². The molecular formula is C13H21N3O3. The van der Waals surface area contributed by atoms with Crippen LogP contribution in [0.2, 0.25) is 0 Å². The molecule has 1 aromatic heterocycles. The summed E-state index contributed by atoms with van der Waals surface area (Å²) < 4.78 is 5.38. The number of hydrogen-bond donors (Lipinski definition) is 3. The fourth-order valence-corrected chi connectivity index (χ4v) is 2.26. The van der Waals surface area contributed by atoms with Crippen molar-refractivity contribution >= 4 is 5.91 Å². The molecule has 0 aliphatic carbocycles. The number of nitrogens with one attached hydrogen (secondary N) is 2. The number of carbonyl (C=O) groups is 1. The van der Waals surface area contributed by atoms with Gasteiger partial charge >= 0.3 is 0 Å². The maximum atomic E-state index is 12.0. The lowest BCUT2D eigenvalue weighted by Crippen LogP contribution is -2.43. The van der Waals surface area contributed by atoms with Crippen molar-refractivity contribution in [2.24, 2.45) is 0 Å². The first-order chi connectivity index (χ1) is 9.08. The van der Waals surface area contributed by atoms with E-state index in [-0.39, 0.29) is 18.0 Å². The highest BCUT2D eigenvalue weighted by atomic mass is 16.3. The van der Waals surface area contributed by atoms with Crippen molar-refractivity contribution in [3.8, 4) is 0 Å². The molecule has 3 N–H and O–H groups in total. The molecule has 106 valence electrons. The average Bonchev–Trinajstić information content (AvgIpc) is 3.00. The van der Waals surface area contributed by atoms with Gasteiger partial charge in [-0.1, -0.05) is 0 Å². The topological polar surface area (TPSA) is 77.7 Å². The minimum atomic E-state index is -0.425. The Morgan fingerprint density at radius 2 is 2.47 bits per heavy atom. The maximum absolute atomic E-state index is 12.0. The lowest BCUT2D eigenvalue weighted by molar-refractivity contribution is -0.123. The van der Waals surface area contributed by atoms with E-state index in [1.807, 2.05) is 31.1 Å². The Hall–Kier alpha value is -1.37. The molecule has 1 fully saturated rings. The Morgan fingerprint density at radius 3 is 3.00 bits per heavy atom. The van der Waals surface area contributed by atoms with Crippen molar-refractivity contribution in [2.75, 3.05) is 27.2 Å². The van der Waals surface area contributed by atoms with Gasteiger partial charge in [-0.05, 0) is 32.6 Å². The number of nitrogens with zero attached hydrogens (tertiary/aromatic N) is 1. The minimum absolute atomic E-state index is 0.00489. The zero-order valence-electron chi connectivity index (χ0n) is 11.3. The van der Waals surface area contributed by atoms with Crippen LogP contribution in [0.25, 0.3) is 0 Å². The Balaban J connectivity index is 1.87. The third-order valence-corrected chi connectivity index (χ3v) is 3.39. The zero-order valence-corrected chi connectivity index (χ0v) is 11.3. The molecule has 1 amide bonds. The van der Waals surface area contributed by atoms with Gasteiger partial charge in [0.2, 0.25) is 5.91 Å². The van der Waals surface area contributed by atoms with Crippen LogP contribution in [0.15, 0.2) is 22.8 Å². The van der Waals surface area contributed by atoms with Crippen molar-refractivity contribution in [3.05, 3.63) is 24.2 Å². The third-order valence-electron chi connectivity index (χ3n) is 3.39. The van der Waals surface area contributed by atoms with E-state index < -0.39 is 6.10 Å². The molecule has 1 aliphatic heterocycles. The van der Waals surface area contributed by atoms with E-state index in [4.69, 9.17) is 4.42 Å². The van der Waals surface area contributed by atoms with Crippen LogP contribution >= 0.6 is 0 Å². The van der Waals surface area contributed by atoms with Crippen LogP contribution in [0, 0.1) is 0 Å². The van der Waals surface area contributed by atoms with Gasteiger partial charge in [0.15, 0.2) is 0 Å². The van der Waals surface area contributed by atoms with Crippen molar-refractivity contribution in [3.63, 3.8) is 0 Å². The molecule has 6 nitrogen and oxygen atoms in total. The smallest absolute Gasteiger partial charge is 0.237 e. The number of furan rings is 1. The Labute approximate surface area is 112 Å². The van der Waals surface area contributed by atoms with Crippen molar-refractivity contribution < 1.29 is 14.3 Å². The molecule has 3 atom stereocenters. The lowest BCUT2D eigenvalue weighted by Gasteiger charge is -2.23. The van der Waals surface area contributed by atoms with Gasteiger partial charge in [0.05, 0.1) is 24.5 Å². The number of likely N-dealkylation sites (N-methyl/N-ethyl adjacent to an activating group) is 1. The first kappa shape index (κ1) is 14.0. The zero-order chi connectivity index (χ0) is 13.8. The van der Waals surface area contributed by atoms with Crippen LogP contribution in [0.3, 0.4) is 0 Å². The second-order valence-corrected chi connectivity index (χ2v) is 5.09. The summed E-state index contributed by atoms with van der Waals surface area (Å²) in [5.74, 6) is 0.750. The third kappa shape index (κ3) is 3.56. The molecule has 1 saturated heterocycles. The highest BCUT2D eigenvalue weighted by Crippen LogP contribution is 2.17. The van der Waals surface area contributed by atoms with Gasteiger partial charge in [-0.2, -0.15) is 0 Å². The molecule has 0 bridgehead atoms. The fourth-order valence-electron chi connectivity index (χ4n) is 2.26. The fraction of sp³-hybridized carbons (Fsp3) is 0.615. The first-order valence-electron chi connectivity index (χ1n) is 6.47. The summed E-state index contributed by atoms with van der Waals surface area (Å²) in [6, 6.07) is 3.44. The Kier molecular flexibility index (Phi) is 4.57. The van der Waals surface area contributed by atoms with E-state index in [0.717, 1.165) is 5.76 Å². The summed E-state index contributed by atoms with van der Waals surface area (Å²) in [6.45, 7) is 0.959. The molecule has 0 saturated carbocycles. The van der Waals surface area contributed by atoms with Crippen molar-refractivity contribution in [1.82, 2.24) is 15.5 Å². The summed E-state index contributed by atoms with van der Waals surface area (Å²) in [5.41, 5.74) is 0. The molecule has 0 spiro atoms. The molecule has 6 heteroatoms. The molecule has 2 heterocycles. The van der Waals surface area contributed by atoms with Gasteiger partial charge in [-0.15, -0.1) is 0 Å². The molecule has 0 radical (unpaired) electrons. The van der Waals surface area contributed by atoms with E-state index in [9.17, 15) is 9.90 Å². The van der Waals surface area contributed by atoms with Gasteiger partial charge in [0.25, 0.3) is 0 Å². The quantitative estimate of drug-likeness (QED) is 0.684. The summed E-state index contributed by atoms with van der Waals surface area (Å²) in [7, 11) is 3.88. The molecule has 19 heavy (non-hydrogen) atoms. The average molecular weight is 267 g/mol. The highest BCUT2D eigenvalue weighted by molar-refractivity contribution is 5.82. The standard InChI is InChI=1S/C13H21N3O3/c1-16(2)11(12-4-3-5-19-12)8-15-13(18)10-6-9(17)7-14-10/h3-5,9-11,14,17H,6-8H2,1-2H3,(H,15,18). The van der Waals surface area contributed by atoms with Gasteiger partial charge in [0, 0.05) is 13.1 Å². The predicted molar refractivity (Wildman–Crippen MR) is 70.6 cm³/mol. The number of amides is 1. The lowest BCUT2D eigenvalue weighted by atomic mass is 10.1. The summed E-state index contributed by atoms with van der Waals surface area (Å²) in [5, 5.41) is 15.3. The van der Waals surface area contributed by atoms with Crippen molar-refractivity contribution in [2.45, 2.75) is 24.6 Å². The largest absolute Gasteiger partial charge is 0.468 e. The molecular weight excluding hydrogens is 246 g/mol. The van der Waals surface area contributed by atoms with Gasteiger partial charge < -0.3 is 20.2 Å². The van der Waals surface area contributed by atoms with Gasteiger partial charge in [0.1, 0.15) is 5.76 Å². The highest BCUT2D eigenvalue weighted by Gasteiger charge is 2.28. The van der Waals surface area contributed by atoms with Crippen LogP contribution < -0.4 is 10.6 Å². The summed E-state index contributed by atoms with van der Waals surface area (Å²) >= 11 is 0. The second kappa shape index (κ2) is 6.18. The summed E-state index contributed by atoms with van der Waals surface area (Å²) in [4.78, 5) is 13.9. The van der Waals surface area contributed by atoms with Crippen LogP contribution in [0.1, 0.15) is 18.2 Å². The molecule has 1 aliphatic rings. The van der Waals surface area contributed by atoms with E-state index in [1.54, 1.807) is 6.26 Å². The van der Waals surface area contributed by atoms with Gasteiger partial charge in [-0.25, -0.2) is 0 Å². The van der Waals surface area contributed by atoms with E-state index in [2.05, 4.69) is 10.6 Å². The SMILES string of the molecule is CN(C)C(CNC(=O)C1CC(O)CN1)c1ccco1. The van der Waals surface area contributed by atoms with Crippen LogP contribution in [0.4, 0.5) is 0 Å². The molecule has 0 aromatic carbocycles. The number of aliphatic hydroxyl groups excluding tert-OH is 1. The van der Waals surface area contributed by atoms with Crippen LogP contribution in [-0.4, -0.2) is 55.2 Å². The predicted octanol–water partition coefficient (Wildman–Crippen LogP) is -0.279. The molecule has 3 unspecified atom stereocenters. The number of β-amino-alcohol motifs (C(OH)–C–C–N with tert-alkyl or cyclic N) is 1. The number of carbonyl (C=O) groups excluding carboxylic acids is 1. The van der Waals surface area contributed by atoms with E-state index >= 15 is 0 Å². The van der Waals surface area contributed by atoms with Gasteiger partial charge in [-0.3, -0.25) is 9.69 Å². The van der Waals surface area contributed by atoms with Crippen LogP contribution in [0.5, 0.6) is 0 Å². The first-order valence-corrected chi connectivity index (χ1v) is 6.47. The minimum Gasteiger partial charge on any atom is -0.468 e. The Morgan fingerprint density at radius 1 is 1.68 bits per heavy atom. The number of rotatable bonds is 5. The molecule has 1 aromatic rings. The van der Waals surface area contributed by atoms with E-state index in [0.29, 0.717) is 19.5 Å². The van der Waals surface area contributed by atoms with E-state index in [1.165, 1.54) is 0 Å². The number of hydrogen-bond acceptors (Lipinski definition) is 5. The number of aliphatic hydroxyl groups is 1. The normalized spacial score (nSPS) is 24.6. The second-order valence-electron chi connectivity index (χ2n) is 5.09. The Bertz CT molecular complexity index is 405. The monoisotopic (exact) mass is 267 g/mol.